The van der Waals surface area contributed by atoms with Crippen molar-refractivity contribution >= 4 is 37.1 Å². The van der Waals surface area contributed by atoms with Crippen LogP contribution in [-0.2, 0) is 16.0 Å². The van der Waals surface area contributed by atoms with Crippen molar-refractivity contribution in [3.8, 4) is 5.75 Å². The molecule has 0 aliphatic carbocycles. The second kappa shape index (κ2) is 19.8. The number of ether oxygens (including phenoxy) is 1. The van der Waals surface area contributed by atoms with Crippen molar-refractivity contribution in [2.45, 2.75) is 101 Å². The van der Waals surface area contributed by atoms with Gasteiger partial charge in [-0.05, 0) is 110 Å². The Balaban J connectivity index is 1.68. The van der Waals surface area contributed by atoms with E-state index in [1.54, 1.807) is 0 Å². The van der Waals surface area contributed by atoms with Gasteiger partial charge in [-0.25, -0.2) is 4.79 Å². The molecule has 1 aliphatic rings. The van der Waals surface area contributed by atoms with Gasteiger partial charge in [0.15, 0.2) is 0 Å². The molecule has 2 rings (SSSR count). The highest BCUT2D eigenvalue weighted by atomic mass is 32.1. The molecule has 1 fully saturated rings. The number of hydrogen-bond acceptors (Lipinski definition) is 8. The summed E-state index contributed by atoms with van der Waals surface area (Å²) < 4.78 is 5.71. The average Bonchev–Trinajstić information content (AvgIpc) is 2.93. The first-order valence-electron chi connectivity index (χ1n) is 16.1. The second-order valence-electron chi connectivity index (χ2n) is 13.3. The molecule has 1 aliphatic heterocycles. The van der Waals surface area contributed by atoms with Gasteiger partial charge in [0.25, 0.3) is 0 Å². The lowest BCUT2D eigenvalue weighted by atomic mass is 10.1. The van der Waals surface area contributed by atoms with Crippen LogP contribution in [0.2, 0.25) is 0 Å². The van der Waals surface area contributed by atoms with E-state index >= 15 is 0 Å². The number of amides is 1. The fraction of sp³-hybridized carbons (Fsp3) is 0.758. The molecule has 1 saturated heterocycles. The van der Waals surface area contributed by atoms with Gasteiger partial charge in [-0.15, -0.1) is 0 Å². The quantitative estimate of drug-likeness (QED) is 0.0910. The molecule has 0 spiro atoms. The number of benzene rings is 1. The average molecular weight is 639 g/mol. The summed E-state index contributed by atoms with van der Waals surface area (Å²) in [5, 5.41) is 15.9. The van der Waals surface area contributed by atoms with E-state index in [1.807, 2.05) is 24.3 Å². The molecule has 1 aromatic rings. The van der Waals surface area contributed by atoms with E-state index in [2.05, 4.69) is 60.8 Å². The van der Waals surface area contributed by atoms with Crippen molar-refractivity contribution in [2.24, 2.45) is 0 Å². The number of thiol groups is 2. The van der Waals surface area contributed by atoms with E-state index in [1.165, 1.54) is 32.4 Å². The van der Waals surface area contributed by atoms with E-state index in [4.69, 9.17) is 17.4 Å². The number of likely N-dealkylation sites (tertiary alicyclic amines) is 1. The fourth-order valence-corrected chi connectivity index (χ4v) is 5.62. The molecular weight excluding hydrogens is 581 g/mol. The van der Waals surface area contributed by atoms with Crippen LogP contribution >= 0.6 is 25.3 Å². The van der Waals surface area contributed by atoms with Gasteiger partial charge in [0.2, 0.25) is 5.91 Å². The molecule has 0 bridgehead atoms. The topological polar surface area (TPSA) is 94.1 Å². The maximum Gasteiger partial charge on any atom is 0.326 e. The molecule has 8 nitrogen and oxygen atoms in total. The molecule has 1 heterocycles. The molecular formula is C33H58N4O4S2. The Morgan fingerprint density at radius 1 is 0.977 bits per heavy atom. The number of nitrogens with zero attached hydrogens (tertiary/aromatic N) is 2. The van der Waals surface area contributed by atoms with E-state index in [0.717, 1.165) is 69.8 Å². The highest BCUT2D eigenvalue weighted by Crippen LogP contribution is 2.16. The predicted molar refractivity (Wildman–Crippen MR) is 184 cm³/mol. The highest BCUT2D eigenvalue weighted by Gasteiger charge is 2.21. The van der Waals surface area contributed by atoms with Crippen LogP contribution in [0.3, 0.4) is 0 Å². The SMILES string of the molecule is CC(C)(S)CNCCN(CCCCC(=O)N[C@@H](Cc1ccc(OCCCCN2CCCCC2)cc1)C(=O)O)CC(C)(C)S. The Labute approximate surface area is 271 Å². The summed E-state index contributed by atoms with van der Waals surface area (Å²) in [6.45, 7) is 16.9. The summed E-state index contributed by atoms with van der Waals surface area (Å²) in [5.41, 5.74) is 0.852. The third-order valence-electron chi connectivity index (χ3n) is 7.48. The fourth-order valence-electron chi connectivity index (χ4n) is 5.30. The Morgan fingerprint density at radius 3 is 2.30 bits per heavy atom. The van der Waals surface area contributed by atoms with E-state index in [0.29, 0.717) is 19.4 Å². The minimum Gasteiger partial charge on any atom is -0.494 e. The van der Waals surface area contributed by atoms with Crippen molar-refractivity contribution in [1.29, 1.82) is 0 Å². The van der Waals surface area contributed by atoms with Crippen LogP contribution in [0.15, 0.2) is 24.3 Å². The Hall–Kier alpha value is -1.46. The molecule has 1 aromatic carbocycles. The normalized spacial score (nSPS) is 15.4. The Kier molecular flexibility index (Phi) is 17.4. The van der Waals surface area contributed by atoms with Crippen LogP contribution < -0.4 is 15.4 Å². The number of carboxylic acids is 1. The van der Waals surface area contributed by atoms with Gasteiger partial charge in [-0.3, -0.25) is 4.79 Å². The number of hydrogen-bond donors (Lipinski definition) is 5. The molecule has 0 unspecified atom stereocenters. The molecule has 0 saturated carbocycles. The minimum absolute atomic E-state index is 0.0569. The summed E-state index contributed by atoms with van der Waals surface area (Å²) in [6.07, 6.45) is 8.24. The zero-order chi connectivity index (χ0) is 31.7. The maximum atomic E-state index is 12.6. The summed E-state index contributed by atoms with van der Waals surface area (Å²) in [5.74, 6) is -0.466. The van der Waals surface area contributed by atoms with Gasteiger partial charge in [-0.2, -0.15) is 25.3 Å². The zero-order valence-electron chi connectivity index (χ0n) is 27.1. The lowest BCUT2D eigenvalue weighted by molar-refractivity contribution is -0.141. The van der Waals surface area contributed by atoms with Crippen LogP contribution in [0.4, 0.5) is 0 Å². The molecule has 0 radical (unpaired) electrons. The van der Waals surface area contributed by atoms with Crippen molar-refractivity contribution in [1.82, 2.24) is 20.4 Å². The van der Waals surface area contributed by atoms with Gasteiger partial charge in [0.05, 0.1) is 6.61 Å². The van der Waals surface area contributed by atoms with E-state index in [9.17, 15) is 14.7 Å². The van der Waals surface area contributed by atoms with Gasteiger partial charge < -0.3 is 30.3 Å². The largest absolute Gasteiger partial charge is 0.494 e. The first kappa shape index (κ1) is 37.7. The monoisotopic (exact) mass is 638 g/mol. The predicted octanol–water partition coefficient (Wildman–Crippen LogP) is 4.92. The molecule has 1 amide bonds. The number of nitrogens with one attached hydrogen (secondary N) is 2. The summed E-state index contributed by atoms with van der Waals surface area (Å²) in [4.78, 5) is 29.4. The Morgan fingerprint density at radius 2 is 1.67 bits per heavy atom. The lowest BCUT2D eigenvalue weighted by Crippen LogP contribution is -2.42. The highest BCUT2D eigenvalue weighted by molar-refractivity contribution is 7.82. The standard InChI is InChI=1S/C33H58N4O4S2/c1-32(2,42)25-34-17-22-37(26-33(3,4)43)21-9-6-12-30(38)35-29(31(39)40)24-27-13-15-28(16-14-27)41-23-11-10-20-36-18-7-5-8-19-36/h13-16,29,34,42-43H,5-12,17-26H2,1-4H3,(H,35,38)(H,39,40)/t29-/m0/s1. The van der Waals surface area contributed by atoms with E-state index < -0.39 is 12.0 Å². The molecule has 1 atom stereocenters. The molecule has 10 heteroatoms. The second-order valence-corrected chi connectivity index (χ2v) is 15.7. The zero-order valence-corrected chi connectivity index (χ0v) is 28.9. The number of unbranched alkanes of at least 4 members (excludes halogenated alkanes) is 2. The van der Waals surface area contributed by atoms with Gasteiger partial charge in [0, 0.05) is 48.5 Å². The summed E-state index contributed by atoms with van der Waals surface area (Å²) >= 11 is 9.27. The van der Waals surface area contributed by atoms with Crippen LogP contribution in [0.25, 0.3) is 0 Å². The van der Waals surface area contributed by atoms with Gasteiger partial charge in [0.1, 0.15) is 11.8 Å². The maximum absolute atomic E-state index is 12.6. The first-order chi connectivity index (χ1) is 20.3. The minimum atomic E-state index is -1.03. The van der Waals surface area contributed by atoms with Crippen LogP contribution in [-0.4, -0.2) is 101 Å². The number of aliphatic carboxylic acids is 1. The van der Waals surface area contributed by atoms with Crippen molar-refractivity contribution in [3.63, 3.8) is 0 Å². The molecule has 43 heavy (non-hydrogen) atoms. The van der Waals surface area contributed by atoms with E-state index in [-0.39, 0.29) is 21.8 Å². The molecule has 3 N–H and O–H groups in total. The van der Waals surface area contributed by atoms with Crippen molar-refractivity contribution < 1.29 is 19.4 Å². The van der Waals surface area contributed by atoms with Crippen LogP contribution in [0.5, 0.6) is 5.75 Å². The van der Waals surface area contributed by atoms with Gasteiger partial charge in [-0.1, -0.05) is 18.6 Å². The van der Waals surface area contributed by atoms with Crippen molar-refractivity contribution in [2.75, 3.05) is 59.0 Å². The number of carboxylic acid groups (broad SMARTS) is 1. The Bertz CT molecular complexity index is 928. The van der Waals surface area contributed by atoms with Crippen LogP contribution in [0, 0.1) is 0 Å². The summed E-state index contributed by atoms with van der Waals surface area (Å²) in [6, 6.07) is 6.57. The lowest BCUT2D eigenvalue weighted by Gasteiger charge is -2.30. The molecule has 246 valence electrons. The van der Waals surface area contributed by atoms with Crippen molar-refractivity contribution in [3.05, 3.63) is 29.8 Å². The number of carbonyl (C=O) groups excluding carboxylic acids is 1. The van der Waals surface area contributed by atoms with Gasteiger partial charge >= 0.3 is 5.97 Å². The smallest absolute Gasteiger partial charge is 0.326 e. The number of piperidine rings is 1. The van der Waals surface area contributed by atoms with Crippen LogP contribution in [0.1, 0.15) is 84.6 Å². The number of carbonyl (C=O) groups is 2. The third-order valence-corrected chi connectivity index (χ3v) is 7.78. The summed E-state index contributed by atoms with van der Waals surface area (Å²) in [7, 11) is 0. The third kappa shape index (κ3) is 18.8. The number of rotatable bonds is 22. The first-order valence-corrected chi connectivity index (χ1v) is 17.0. The molecule has 0 aromatic heterocycles.